The van der Waals surface area contributed by atoms with E-state index in [4.69, 9.17) is 0 Å². The van der Waals surface area contributed by atoms with Gasteiger partial charge in [-0.3, -0.25) is 4.79 Å². The van der Waals surface area contributed by atoms with E-state index in [9.17, 15) is 31.1 Å². The number of benzene rings is 2. The van der Waals surface area contributed by atoms with Crippen LogP contribution >= 0.6 is 0 Å². The molecule has 0 amide bonds. The Kier molecular flexibility index (Phi) is 5.15. The molecule has 1 aliphatic heterocycles. The van der Waals surface area contributed by atoms with Crippen LogP contribution in [0, 0.1) is 5.82 Å². The van der Waals surface area contributed by atoms with Gasteiger partial charge in [-0.2, -0.15) is 4.31 Å². The third-order valence-electron chi connectivity index (χ3n) is 5.47. The van der Waals surface area contributed by atoms with E-state index < -0.39 is 50.0 Å². The zero-order valence-electron chi connectivity index (χ0n) is 16.4. The molecule has 0 saturated heterocycles. The van der Waals surface area contributed by atoms with Crippen molar-refractivity contribution in [2.75, 3.05) is 12.8 Å². The van der Waals surface area contributed by atoms with Gasteiger partial charge in [-0.25, -0.2) is 21.2 Å². The van der Waals surface area contributed by atoms with Crippen LogP contribution in [0.1, 0.15) is 5.56 Å². The van der Waals surface area contributed by atoms with Crippen LogP contribution in [0.4, 0.5) is 4.39 Å². The minimum Gasteiger partial charge on any atom is -0.480 e. The van der Waals surface area contributed by atoms with Crippen molar-refractivity contribution in [3.63, 3.8) is 0 Å². The molecule has 2 heterocycles. The first-order valence-corrected chi connectivity index (χ1v) is 12.4. The van der Waals surface area contributed by atoms with Gasteiger partial charge in [0.15, 0.2) is 9.84 Å². The molecule has 3 aromatic rings. The number of carbonyl (C=O) groups is 1. The van der Waals surface area contributed by atoms with Gasteiger partial charge in [0.1, 0.15) is 17.4 Å². The number of sulfone groups is 1. The fourth-order valence-electron chi connectivity index (χ4n) is 4.03. The van der Waals surface area contributed by atoms with Gasteiger partial charge in [-0.15, -0.1) is 0 Å². The van der Waals surface area contributed by atoms with Crippen molar-refractivity contribution < 1.29 is 31.1 Å². The smallest absolute Gasteiger partial charge is 0.323 e. The highest BCUT2D eigenvalue weighted by molar-refractivity contribution is 7.91. The molecule has 1 aliphatic rings. The lowest BCUT2D eigenvalue weighted by molar-refractivity contribution is -0.137. The van der Waals surface area contributed by atoms with Crippen LogP contribution in [0.25, 0.3) is 10.9 Å². The summed E-state index contributed by atoms with van der Waals surface area (Å²) < 4.78 is 67.8. The lowest BCUT2D eigenvalue weighted by Gasteiger charge is -2.31. The number of likely N-dealkylation sites (N-methyl/N-ethyl adjacent to an activating group) is 1. The number of carboxylic acid groups (broad SMARTS) is 1. The first-order valence-electron chi connectivity index (χ1n) is 9.30. The SMILES string of the molecule is CN(C1Cc2c(n(CC(=O)O)c3ccccc23)S(=O)(=O)C1)S(=O)(=O)c1ccc(F)cc1. The summed E-state index contributed by atoms with van der Waals surface area (Å²) in [4.78, 5) is 11.2. The molecule has 1 atom stereocenters. The first kappa shape index (κ1) is 21.5. The Hall–Kier alpha value is -2.76. The lowest BCUT2D eigenvalue weighted by Crippen LogP contribution is -2.45. The van der Waals surface area contributed by atoms with E-state index in [1.807, 2.05) is 0 Å². The summed E-state index contributed by atoms with van der Waals surface area (Å²) in [5, 5.41) is 9.76. The van der Waals surface area contributed by atoms with E-state index in [0.717, 1.165) is 28.6 Å². The van der Waals surface area contributed by atoms with Gasteiger partial charge in [-0.05, 0) is 42.3 Å². The lowest BCUT2D eigenvalue weighted by atomic mass is 10.1. The number of hydrogen-bond acceptors (Lipinski definition) is 5. The quantitative estimate of drug-likeness (QED) is 0.614. The summed E-state index contributed by atoms with van der Waals surface area (Å²) in [6.07, 6.45) is 0.0959. The Bertz CT molecular complexity index is 1400. The van der Waals surface area contributed by atoms with Crippen LogP contribution in [0.2, 0.25) is 0 Å². The molecule has 1 aromatic heterocycles. The van der Waals surface area contributed by atoms with Crippen molar-refractivity contribution in [1.29, 1.82) is 0 Å². The molecule has 1 unspecified atom stereocenters. The van der Waals surface area contributed by atoms with Crippen molar-refractivity contribution >= 4 is 36.7 Å². The van der Waals surface area contributed by atoms with Gasteiger partial charge < -0.3 is 9.67 Å². The van der Waals surface area contributed by atoms with Gasteiger partial charge in [0, 0.05) is 24.0 Å². The zero-order valence-corrected chi connectivity index (χ0v) is 18.0. The molecule has 164 valence electrons. The number of aliphatic carboxylic acids is 1. The molecule has 0 radical (unpaired) electrons. The Morgan fingerprint density at radius 3 is 2.48 bits per heavy atom. The summed E-state index contributed by atoms with van der Waals surface area (Å²) in [7, 11) is -6.77. The van der Waals surface area contributed by atoms with Crippen molar-refractivity contribution in [1.82, 2.24) is 8.87 Å². The number of sulfonamides is 1. The normalized spacial score (nSPS) is 18.2. The molecule has 0 aliphatic carbocycles. The van der Waals surface area contributed by atoms with E-state index in [1.54, 1.807) is 24.3 Å². The molecule has 4 rings (SSSR count). The van der Waals surface area contributed by atoms with Gasteiger partial charge in [-0.1, -0.05) is 18.2 Å². The zero-order chi connectivity index (χ0) is 22.6. The van der Waals surface area contributed by atoms with Gasteiger partial charge in [0.05, 0.1) is 10.6 Å². The predicted octanol–water partition coefficient (Wildman–Crippen LogP) is 1.88. The molecule has 11 heteroatoms. The van der Waals surface area contributed by atoms with E-state index in [-0.39, 0.29) is 16.3 Å². The highest BCUT2D eigenvalue weighted by Crippen LogP contribution is 2.36. The largest absolute Gasteiger partial charge is 0.480 e. The van der Waals surface area contributed by atoms with Crippen molar-refractivity contribution in [2.45, 2.75) is 28.9 Å². The molecule has 2 aromatic carbocycles. The fraction of sp³-hybridized carbons (Fsp3) is 0.250. The highest BCUT2D eigenvalue weighted by Gasteiger charge is 2.40. The number of aromatic nitrogens is 1. The minimum atomic E-state index is -4.07. The number of rotatable bonds is 5. The molecule has 0 saturated carbocycles. The van der Waals surface area contributed by atoms with Crippen LogP contribution in [0.5, 0.6) is 0 Å². The molecule has 8 nitrogen and oxygen atoms in total. The second-order valence-electron chi connectivity index (χ2n) is 7.40. The number of nitrogens with zero attached hydrogens (tertiary/aromatic N) is 2. The van der Waals surface area contributed by atoms with E-state index in [1.165, 1.54) is 11.6 Å². The molecule has 1 N–H and O–H groups in total. The second kappa shape index (κ2) is 7.43. The third kappa shape index (κ3) is 3.62. The summed E-state index contributed by atoms with van der Waals surface area (Å²) in [5.74, 6) is -2.26. The summed E-state index contributed by atoms with van der Waals surface area (Å²) in [6.45, 7) is -0.524. The molecule has 0 bridgehead atoms. The molecule has 31 heavy (non-hydrogen) atoms. The maximum atomic E-state index is 13.2. The Morgan fingerprint density at radius 1 is 1.19 bits per heavy atom. The Labute approximate surface area is 178 Å². The maximum Gasteiger partial charge on any atom is 0.323 e. The average Bonchev–Trinajstić information content (AvgIpc) is 3.01. The van der Waals surface area contributed by atoms with Crippen LogP contribution in [-0.2, 0) is 37.6 Å². The average molecular weight is 467 g/mol. The maximum absolute atomic E-state index is 13.2. The summed E-state index contributed by atoms with van der Waals surface area (Å²) >= 11 is 0. The van der Waals surface area contributed by atoms with E-state index >= 15 is 0 Å². The molecular formula is C20H19FN2O6S2. The van der Waals surface area contributed by atoms with Crippen LogP contribution in [0.3, 0.4) is 0 Å². The highest BCUT2D eigenvalue weighted by atomic mass is 32.2. The first-order chi connectivity index (χ1) is 14.5. The molecule has 0 fully saturated rings. The second-order valence-corrected chi connectivity index (χ2v) is 11.3. The standard InChI is InChI=1S/C20H19FN2O6S2/c1-22(31(28,29)15-8-6-13(21)7-9-15)14-10-17-16-4-2-3-5-18(16)23(11-19(24)25)20(17)30(26,27)12-14/h2-9,14H,10-12H2,1H3,(H,24,25). The monoisotopic (exact) mass is 466 g/mol. The number of para-hydroxylation sites is 1. The molecular weight excluding hydrogens is 447 g/mol. The number of carboxylic acids is 1. The van der Waals surface area contributed by atoms with Gasteiger partial charge in [0.2, 0.25) is 10.0 Å². The Balaban J connectivity index is 1.82. The number of hydrogen-bond donors (Lipinski definition) is 1. The van der Waals surface area contributed by atoms with Gasteiger partial charge >= 0.3 is 5.97 Å². The van der Waals surface area contributed by atoms with Crippen molar-refractivity contribution in [3.05, 3.63) is 59.9 Å². The topological polar surface area (TPSA) is 114 Å². The third-order valence-corrected chi connectivity index (χ3v) is 9.27. The fourth-order valence-corrected chi connectivity index (χ4v) is 7.55. The summed E-state index contributed by atoms with van der Waals surface area (Å²) in [5.41, 5.74) is 0.859. The number of fused-ring (bicyclic) bond motifs is 3. The van der Waals surface area contributed by atoms with Crippen LogP contribution in [-0.4, -0.2) is 55.6 Å². The number of halogens is 1. The van der Waals surface area contributed by atoms with Crippen LogP contribution < -0.4 is 0 Å². The minimum absolute atomic E-state index is 0.0834. The molecule has 0 spiro atoms. The van der Waals surface area contributed by atoms with Crippen molar-refractivity contribution in [2.24, 2.45) is 0 Å². The van der Waals surface area contributed by atoms with E-state index in [2.05, 4.69) is 0 Å². The predicted molar refractivity (Wildman–Crippen MR) is 110 cm³/mol. The van der Waals surface area contributed by atoms with Gasteiger partial charge in [0.25, 0.3) is 0 Å². The van der Waals surface area contributed by atoms with E-state index in [0.29, 0.717) is 16.5 Å². The Morgan fingerprint density at radius 2 is 1.84 bits per heavy atom. The summed E-state index contributed by atoms with van der Waals surface area (Å²) in [6, 6.07) is 10.1. The van der Waals surface area contributed by atoms with Crippen LogP contribution in [0.15, 0.2) is 58.5 Å². The van der Waals surface area contributed by atoms with Crippen molar-refractivity contribution in [3.8, 4) is 0 Å².